The average molecular weight is 303 g/mol. The van der Waals surface area contributed by atoms with Crippen molar-refractivity contribution in [2.75, 3.05) is 13.1 Å². The van der Waals surface area contributed by atoms with E-state index in [1.807, 2.05) is 30.3 Å². The Kier molecular flexibility index (Phi) is 4.40. The van der Waals surface area contributed by atoms with Crippen molar-refractivity contribution in [1.82, 2.24) is 15.8 Å². The van der Waals surface area contributed by atoms with Gasteiger partial charge in [-0.1, -0.05) is 30.3 Å². The monoisotopic (exact) mass is 303 g/mol. The van der Waals surface area contributed by atoms with Crippen LogP contribution < -0.4 is 10.9 Å². The second-order valence-electron chi connectivity index (χ2n) is 6.00. The minimum atomic E-state index is -0.808. The summed E-state index contributed by atoms with van der Waals surface area (Å²) in [5, 5.41) is 9.13. The number of carboxylic acids is 1. The standard InChI is InChI=1S/C16H21N3O3/c20-15(19-8-4-7-12(10-19)16(21)22)14-9-13(17-18-14)11-5-2-1-3-6-11/h1-3,5-6,12-14,17-18H,4,7-10H2,(H,21,22). The van der Waals surface area contributed by atoms with Crippen molar-refractivity contribution in [1.29, 1.82) is 0 Å². The Morgan fingerprint density at radius 3 is 2.68 bits per heavy atom. The summed E-state index contributed by atoms with van der Waals surface area (Å²) in [7, 11) is 0. The minimum absolute atomic E-state index is 0.00289. The van der Waals surface area contributed by atoms with E-state index in [4.69, 9.17) is 5.11 Å². The van der Waals surface area contributed by atoms with Gasteiger partial charge < -0.3 is 10.0 Å². The van der Waals surface area contributed by atoms with Crippen molar-refractivity contribution >= 4 is 11.9 Å². The fourth-order valence-corrected chi connectivity index (χ4v) is 3.22. The first-order valence-electron chi connectivity index (χ1n) is 7.72. The van der Waals surface area contributed by atoms with Crippen LogP contribution in [0.15, 0.2) is 30.3 Å². The van der Waals surface area contributed by atoms with Crippen molar-refractivity contribution in [3.63, 3.8) is 0 Å². The van der Waals surface area contributed by atoms with Crippen LogP contribution in [0.2, 0.25) is 0 Å². The molecule has 3 N–H and O–H groups in total. The average Bonchev–Trinajstić information content (AvgIpc) is 3.05. The number of nitrogens with one attached hydrogen (secondary N) is 2. The van der Waals surface area contributed by atoms with E-state index in [1.165, 1.54) is 0 Å². The quantitative estimate of drug-likeness (QED) is 0.773. The van der Waals surface area contributed by atoms with E-state index in [9.17, 15) is 9.59 Å². The summed E-state index contributed by atoms with van der Waals surface area (Å²) < 4.78 is 0. The van der Waals surface area contributed by atoms with Gasteiger partial charge in [0.25, 0.3) is 0 Å². The molecule has 6 heteroatoms. The van der Waals surface area contributed by atoms with Crippen molar-refractivity contribution in [2.24, 2.45) is 5.92 Å². The van der Waals surface area contributed by atoms with Crippen LogP contribution in [0.4, 0.5) is 0 Å². The Hall–Kier alpha value is -1.92. The van der Waals surface area contributed by atoms with Crippen LogP contribution in [-0.4, -0.2) is 41.0 Å². The summed E-state index contributed by atoms with van der Waals surface area (Å²) in [5.74, 6) is -1.24. The number of hydrogen-bond acceptors (Lipinski definition) is 4. The van der Waals surface area contributed by atoms with E-state index in [1.54, 1.807) is 4.90 Å². The van der Waals surface area contributed by atoms with E-state index >= 15 is 0 Å². The van der Waals surface area contributed by atoms with E-state index in [2.05, 4.69) is 10.9 Å². The number of carboxylic acid groups (broad SMARTS) is 1. The van der Waals surface area contributed by atoms with E-state index in [-0.39, 0.29) is 18.0 Å². The molecule has 0 aromatic heterocycles. The van der Waals surface area contributed by atoms with Gasteiger partial charge >= 0.3 is 5.97 Å². The molecule has 1 aromatic carbocycles. The molecule has 0 spiro atoms. The maximum atomic E-state index is 12.6. The number of piperidine rings is 1. The SMILES string of the molecule is O=C(O)C1CCCN(C(=O)C2CC(c3ccccc3)NN2)C1. The number of aliphatic carboxylic acids is 1. The third-order valence-corrected chi connectivity index (χ3v) is 4.49. The van der Waals surface area contributed by atoms with Crippen LogP contribution in [-0.2, 0) is 9.59 Å². The van der Waals surface area contributed by atoms with Gasteiger partial charge in [0.2, 0.25) is 5.91 Å². The number of benzene rings is 1. The fraction of sp³-hybridized carbons (Fsp3) is 0.500. The summed E-state index contributed by atoms with van der Waals surface area (Å²) in [6.07, 6.45) is 2.09. The van der Waals surface area contributed by atoms with Crippen LogP contribution in [0, 0.1) is 5.92 Å². The largest absolute Gasteiger partial charge is 0.481 e. The highest BCUT2D eigenvalue weighted by Gasteiger charge is 2.35. The van der Waals surface area contributed by atoms with Gasteiger partial charge in [-0.2, -0.15) is 0 Å². The number of likely N-dealkylation sites (tertiary alicyclic amines) is 1. The lowest BCUT2D eigenvalue weighted by molar-refractivity contribution is -0.146. The van der Waals surface area contributed by atoms with Crippen LogP contribution in [0.25, 0.3) is 0 Å². The molecule has 2 fully saturated rings. The molecular weight excluding hydrogens is 282 g/mol. The van der Waals surface area contributed by atoms with E-state index in [0.29, 0.717) is 25.9 Å². The maximum Gasteiger partial charge on any atom is 0.308 e. The highest BCUT2D eigenvalue weighted by Crippen LogP contribution is 2.24. The number of hydrogen-bond donors (Lipinski definition) is 3. The summed E-state index contributed by atoms with van der Waals surface area (Å²) in [4.78, 5) is 25.4. The molecule has 2 heterocycles. The molecule has 3 atom stereocenters. The second-order valence-corrected chi connectivity index (χ2v) is 6.00. The van der Waals surface area contributed by atoms with Gasteiger partial charge in [0.15, 0.2) is 0 Å². The van der Waals surface area contributed by atoms with Crippen LogP contribution in [0.5, 0.6) is 0 Å². The number of carbonyl (C=O) groups is 2. The molecule has 3 unspecified atom stereocenters. The normalized spacial score (nSPS) is 28.5. The topological polar surface area (TPSA) is 81.7 Å². The lowest BCUT2D eigenvalue weighted by atomic mass is 9.96. The first kappa shape index (κ1) is 15.0. The minimum Gasteiger partial charge on any atom is -0.481 e. The highest BCUT2D eigenvalue weighted by molar-refractivity contribution is 5.83. The van der Waals surface area contributed by atoms with E-state index in [0.717, 1.165) is 12.0 Å². The molecule has 0 saturated carbocycles. The maximum absolute atomic E-state index is 12.6. The highest BCUT2D eigenvalue weighted by atomic mass is 16.4. The van der Waals surface area contributed by atoms with E-state index < -0.39 is 11.9 Å². The summed E-state index contributed by atoms with van der Waals surface area (Å²) in [6.45, 7) is 0.971. The number of nitrogens with zero attached hydrogens (tertiary/aromatic N) is 1. The van der Waals surface area contributed by atoms with Gasteiger partial charge in [0, 0.05) is 19.1 Å². The summed E-state index contributed by atoms with van der Waals surface area (Å²) in [6, 6.07) is 9.81. The zero-order valence-corrected chi connectivity index (χ0v) is 12.4. The van der Waals surface area contributed by atoms with Gasteiger partial charge in [-0.05, 0) is 24.8 Å². The third kappa shape index (κ3) is 3.13. The molecule has 22 heavy (non-hydrogen) atoms. The number of carbonyl (C=O) groups excluding carboxylic acids is 1. The number of rotatable bonds is 3. The molecule has 118 valence electrons. The number of hydrazine groups is 1. The molecule has 0 aliphatic carbocycles. The summed E-state index contributed by atoms with van der Waals surface area (Å²) in [5.41, 5.74) is 7.37. The first-order chi connectivity index (χ1) is 10.6. The molecule has 3 rings (SSSR count). The molecular formula is C16H21N3O3. The van der Waals surface area contributed by atoms with Crippen LogP contribution in [0.3, 0.4) is 0 Å². The predicted molar refractivity (Wildman–Crippen MR) is 80.8 cm³/mol. The van der Waals surface area contributed by atoms with Crippen molar-refractivity contribution in [3.8, 4) is 0 Å². The third-order valence-electron chi connectivity index (χ3n) is 4.49. The Morgan fingerprint density at radius 2 is 1.95 bits per heavy atom. The second kappa shape index (κ2) is 6.46. The van der Waals surface area contributed by atoms with Crippen LogP contribution in [0.1, 0.15) is 30.9 Å². The number of amides is 1. The lowest BCUT2D eigenvalue weighted by Gasteiger charge is -2.32. The Labute approximate surface area is 129 Å². The van der Waals surface area contributed by atoms with Crippen LogP contribution >= 0.6 is 0 Å². The molecule has 2 aliphatic heterocycles. The molecule has 6 nitrogen and oxygen atoms in total. The van der Waals surface area contributed by atoms with Gasteiger partial charge in [0.05, 0.1) is 5.92 Å². The van der Waals surface area contributed by atoms with Crippen molar-refractivity contribution < 1.29 is 14.7 Å². The van der Waals surface area contributed by atoms with Crippen molar-refractivity contribution in [2.45, 2.75) is 31.3 Å². The lowest BCUT2D eigenvalue weighted by Crippen LogP contribution is -2.50. The van der Waals surface area contributed by atoms with Crippen molar-refractivity contribution in [3.05, 3.63) is 35.9 Å². The Bertz CT molecular complexity index is 549. The van der Waals surface area contributed by atoms with Gasteiger partial charge in [-0.25, -0.2) is 10.9 Å². The van der Waals surface area contributed by atoms with Gasteiger partial charge in [-0.3, -0.25) is 9.59 Å². The van der Waals surface area contributed by atoms with Gasteiger partial charge in [0.1, 0.15) is 6.04 Å². The van der Waals surface area contributed by atoms with Gasteiger partial charge in [-0.15, -0.1) is 0 Å². The fourth-order valence-electron chi connectivity index (χ4n) is 3.22. The molecule has 1 amide bonds. The first-order valence-corrected chi connectivity index (χ1v) is 7.72. The zero-order valence-electron chi connectivity index (χ0n) is 12.4. The smallest absolute Gasteiger partial charge is 0.308 e. The zero-order chi connectivity index (χ0) is 15.5. The molecule has 0 bridgehead atoms. The predicted octanol–water partition coefficient (Wildman–Crippen LogP) is 0.917. The molecule has 0 radical (unpaired) electrons. The Morgan fingerprint density at radius 1 is 1.18 bits per heavy atom. The molecule has 1 aromatic rings. The molecule has 2 aliphatic rings. The summed E-state index contributed by atoms with van der Waals surface area (Å²) >= 11 is 0. The molecule has 2 saturated heterocycles. The Balaban J connectivity index is 1.60.